The van der Waals surface area contributed by atoms with E-state index in [4.69, 9.17) is 0 Å². The van der Waals surface area contributed by atoms with Crippen LogP contribution in [-0.2, 0) is 0 Å². The maximum absolute atomic E-state index is 3.12. The minimum absolute atomic E-state index is 0.365. The van der Waals surface area contributed by atoms with Gasteiger partial charge >= 0.3 is 0 Å². The molecule has 1 aromatic rings. The van der Waals surface area contributed by atoms with Gasteiger partial charge in [0.15, 0.2) is 0 Å². The Morgan fingerprint density at radius 3 is 2.67 bits per heavy atom. The molecule has 0 saturated heterocycles. The molecule has 1 N–H and O–H groups in total. The lowest BCUT2D eigenvalue weighted by Gasteiger charge is -2.26. The second kappa shape index (κ2) is 6.10. The molecule has 0 radical (unpaired) electrons. The molecule has 0 aromatic heterocycles. The highest BCUT2D eigenvalue weighted by atomic mass is 15.1. The Bertz CT molecular complexity index is 454. The lowest BCUT2D eigenvalue weighted by atomic mass is 10.1. The summed E-state index contributed by atoms with van der Waals surface area (Å²) in [5, 5.41) is 3.12. The monoisotopic (exact) mass is 240 g/mol. The van der Waals surface area contributed by atoms with E-state index in [1.54, 1.807) is 0 Å². The van der Waals surface area contributed by atoms with Crippen LogP contribution in [0.5, 0.6) is 0 Å². The molecule has 0 bridgehead atoms. The van der Waals surface area contributed by atoms with Crippen molar-refractivity contribution in [1.82, 2.24) is 4.90 Å². The van der Waals surface area contributed by atoms with Gasteiger partial charge in [0.05, 0.1) is 6.04 Å². The molecule has 1 atom stereocenters. The standard InChI is InChI=1S/C16H20N2/c1-3-18-13-5-4-6-16(18)12-9-14-7-10-15(17-2)11-8-14/h4-13,16-17H,3H2,1-2H3/b12-9+. The second-order valence-corrected chi connectivity index (χ2v) is 4.28. The molecule has 0 saturated carbocycles. The number of rotatable bonds is 4. The van der Waals surface area contributed by atoms with E-state index in [1.807, 2.05) is 7.05 Å². The van der Waals surface area contributed by atoms with Gasteiger partial charge in [0.25, 0.3) is 0 Å². The van der Waals surface area contributed by atoms with Gasteiger partial charge in [0.1, 0.15) is 0 Å². The summed E-state index contributed by atoms with van der Waals surface area (Å²) in [7, 11) is 1.93. The normalized spacial score (nSPS) is 18.6. The minimum Gasteiger partial charge on any atom is -0.388 e. The van der Waals surface area contributed by atoms with E-state index in [-0.39, 0.29) is 0 Å². The zero-order chi connectivity index (χ0) is 12.8. The van der Waals surface area contributed by atoms with Crippen LogP contribution >= 0.6 is 0 Å². The predicted molar refractivity (Wildman–Crippen MR) is 79.5 cm³/mol. The van der Waals surface area contributed by atoms with Crippen LogP contribution in [0, 0.1) is 0 Å². The summed E-state index contributed by atoms with van der Waals surface area (Å²) < 4.78 is 0. The average Bonchev–Trinajstić information content (AvgIpc) is 2.46. The first-order valence-electron chi connectivity index (χ1n) is 6.40. The molecule has 2 heteroatoms. The van der Waals surface area contributed by atoms with Gasteiger partial charge in [-0.1, -0.05) is 36.4 Å². The van der Waals surface area contributed by atoms with Gasteiger partial charge in [0, 0.05) is 19.3 Å². The van der Waals surface area contributed by atoms with Crippen molar-refractivity contribution >= 4 is 11.8 Å². The Labute approximate surface area is 109 Å². The Balaban J connectivity index is 2.05. The summed E-state index contributed by atoms with van der Waals surface area (Å²) in [4.78, 5) is 2.30. The van der Waals surface area contributed by atoms with Gasteiger partial charge in [0.2, 0.25) is 0 Å². The number of nitrogens with one attached hydrogen (secondary N) is 1. The summed E-state index contributed by atoms with van der Waals surface area (Å²) in [6.07, 6.45) is 12.9. The highest BCUT2D eigenvalue weighted by molar-refractivity contribution is 5.55. The number of hydrogen-bond acceptors (Lipinski definition) is 2. The molecule has 2 nitrogen and oxygen atoms in total. The summed E-state index contributed by atoms with van der Waals surface area (Å²) in [6, 6.07) is 8.80. The maximum Gasteiger partial charge on any atom is 0.0657 e. The molecule has 1 aliphatic heterocycles. The van der Waals surface area contributed by atoms with Crippen molar-refractivity contribution in [3.05, 3.63) is 60.3 Å². The van der Waals surface area contributed by atoms with E-state index in [2.05, 4.69) is 78.0 Å². The van der Waals surface area contributed by atoms with Crippen molar-refractivity contribution < 1.29 is 0 Å². The van der Waals surface area contributed by atoms with Crippen LogP contribution in [0.3, 0.4) is 0 Å². The largest absolute Gasteiger partial charge is 0.388 e. The fourth-order valence-corrected chi connectivity index (χ4v) is 2.01. The van der Waals surface area contributed by atoms with Gasteiger partial charge in [-0.15, -0.1) is 0 Å². The topological polar surface area (TPSA) is 15.3 Å². The number of benzene rings is 1. The summed E-state index contributed by atoms with van der Waals surface area (Å²) in [6.45, 7) is 3.20. The Hall–Kier alpha value is -1.96. The molecule has 1 heterocycles. The van der Waals surface area contributed by atoms with Crippen molar-refractivity contribution in [3.8, 4) is 0 Å². The summed E-state index contributed by atoms with van der Waals surface area (Å²) in [5.41, 5.74) is 2.37. The molecule has 94 valence electrons. The van der Waals surface area contributed by atoms with Crippen molar-refractivity contribution in [3.63, 3.8) is 0 Å². The molecule has 0 amide bonds. The molecule has 0 spiro atoms. The van der Waals surface area contributed by atoms with Crippen LogP contribution in [0.15, 0.2) is 54.8 Å². The fourth-order valence-electron chi connectivity index (χ4n) is 2.01. The second-order valence-electron chi connectivity index (χ2n) is 4.28. The molecular weight excluding hydrogens is 220 g/mol. The third-order valence-corrected chi connectivity index (χ3v) is 3.13. The quantitative estimate of drug-likeness (QED) is 0.866. The molecule has 0 fully saturated rings. The van der Waals surface area contributed by atoms with Crippen molar-refractivity contribution in [1.29, 1.82) is 0 Å². The molecular formula is C16H20N2. The average molecular weight is 240 g/mol. The van der Waals surface area contributed by atoms with E-state index in [0.29, 0.717) is 6.04 Å². The molecule has 18 heavy (non-hydrogen) atoms. The zero-order valence-electron chi connectivity index (χ0n) is 11.0. The van der Waals surface area contributed by atoms with Crippen LogP contribution < -0.4 is 5.32 Å². The van der Waals surface area contributed by atoms with E-state index >= 15 is 0 Å². The minimum atomic E-state index is 0.365. The van der Waals surface area contributed by atoms with E-state index in [1.165, 1.54) is 5.56 Å². The van der Waals surface area contributed by atoms with Gasteiger partial charge < -0.3 is 10.2 Å². The molecule has 1 aromatic carbocycles. The zero-order valence-corrected chi connectivity index (χ0v) is 11.0. The first-order chi connectivity index (χ1) is 8.83. The Morgan fingerprint density at radius 1 is 1.22 bits per heavy atom. The van der Waals surface area contributed by atoms with Crippen molar-refractivity contribution in [2.75, 3.05) is 18.9 Å². The Morgan fingerprint density at radius 2 is 2.00 bits per heavy atom. The lowest BCUT2D eigenvalue weighted by molar-refractivity contribution is 0.376. The van der Waals surface area contributed by atoms with Crippen LogP contribution in [0.1, 0.15) is 12.5 Å². The third-order valence-electron chi connectivity index (χ3n) is 3.13. The highest BCUT2D eigenvalue weighted by Crippen LogP contribution is 2.13. The van der Waals surface area contributed by atoms with E-state index in [0.717, 1.165) is 12.2 Å². The van der Waals surface area contributed by atoms with Crippen molar-refractivity contribution in [2.24, 2.45) is 0 Å². The summed E-state index contributed by atoms with van der Waals surface area (Å²) >= 11 is 0. The van der Waals surface area contributed by atoms with Gasteiger partial charge in [-0.25, -0.2) is 0 Å². The number of likely N-dealkylation sites (N-methyl/N-ethyl adjacent to an activating group) is 1. The van der Waals surface area contributed by atoms with Crippen molar-refractivity contribution in [2.45, 2.75) is 13.0 Å². The van der Waals surface area contributed by atoms with Crippen LogP contribution in [0.25, 0.3) is 6.08 Å². The van der Waals surface area contributed by atoms with E-state index < -0.39 is 0 Å². The molecule has 0 aliphatic carbocycles. The molecule has 2 rings (SSSR count). The lowest BCUT2D eigenvalue weighted by Crippen LogP contribution is -2.28. The van der Waals surface area contributed by atoms with Crippen LogP contribution in [0.2, 0.25) is 0 Å². The first-order valence-corrected chi connectivity index (χ1v) is 6.40. The van der Waals surface area contributed by atoms with Gasteiger partial charge in [-0.05, 0) is 36.9 Å². The fraction of sp³-hybridized carbons (Fsp3) is 0.250. The first kappa shape index (κ1) is 12.5. The molecule has 1 aliphatic rings. The summed E-state index contributed by atoms with van der Waals surface area (Å²) in [5.74, 6) is 0. The van der Waals surface area contributed by atoms with Gasteiger partial charge in [-0.3, -0.25) is 0 Å². The number of allylic oxidation sites excluding steroid dienone is 2. The van der Waals surface area contributed by atoms with Gasteiger partial charge in [-0.2, -0.15) is 0 Å². The maximum atomic E-state index is 3.12. The SMILES string of the molecule is CCN1C=CC=CC1/C=C/c1ccc(NC)cc1. The smallest absolute Gasteiger partial charge is 0.0657 e. The predicted octanol–water partition coefficient (Wildman–Crippen LogP) is 3.52. The highest BCUT2D eigenvalue weighted by Gasteiger charge is 2.08. The van der Waals surface area contributed by atoms with Crippen LogP contribution in [0.4, 0.5) is 5.69 Å². The number of hydrogen-bond donors (Lipinski definition) is 1. The number of anilines is 1. The van der Waals surface area contributed by atoms with E-state index in [9.17, 15) is 0 Å². The number of nitrogens with zero attached hydrogens (tertiary/aromatic N) is 1. The van der Waals surface area contributed by atoms with Crippen LogP contribution in [-0.4, -0.2) is 24.5 Å². The third kappa shape index (κ3) is 3.04. The Kier molecular flexibility index (Phi) is 4.24. The molecule has 1 unspecified atom stereocenters.